The Hall–Kier alpha value is -2.08. The standard InChI is InChI=1S/C19H27N3O2S/c1-13-7-6-9-16(14(13)2)20-19(25)22-21-18(23)12-11-15-8-4-5-10-17(15)24-3/h4-5,8,10-14,16H,6-7,9H2,1-3H3,(H,21,23)(H2,20,22,25)/b12-11+/t13-,14-,16-/m1/s1. The highest BCUT2D eigenvalue weighted by atomic mass is 32.1. The average Bonchev–Trinajstić information content (AvgIpc) is 2.62. The lowest BCUT2D eigenvalue weighted by atomic mass is 9.78. The van der Waals surface area contributed by atoms with Gasteiger partial charge in [0.1, 0.15) is 5.75 Å². The Labute approximate surface area is 155 Å². The van der Waals surface area contributed by atoms with Gasteiger partial charge in [-0.2, -0.15) is 0 Å². The van der Waals surface area contributed by atoms with E-state index in [0.717, 1.165) is 17.7 Å². The Bertz CT molecular complexity index is 633. The van der Waals surface area contributed by atoms with Crippen LogP contribution in [-0.2, 0) is 4.79 Å². The summed E-state index contributed by atoms with van der Waals surface area (Å²) in [5.41, 5.74) is 6.19. The van der Waals surface area contributed by atoms with Gasteiger partial charge in [0.25, 0.3) is 5.91 Å². The average molecular weight is 362 g/mol. The van der Waals surface area contributed by atoms with Gasteiger partial charge in [-0.15, -0.1) is 0 Å². The zero-order valence-corrected chi connectivity index (χ0v) is 15.9. The number of amides is 1. The Morgan fingerprint density at radius 3 is 2.76 bits per heavy atom. The van der Waals surface area contributed by atoms with Crippen LogP contribution < -0.4 is 20.9 Å². The lowest BCUT2D eigenvalue weighted by Gasteiger charge is -2.35. The fourth-order valence-electron chi connectivity index (χ4n) is 3.12. The first-order chi connectivity index (χ1) is 12.0. The Kier molecular flexibility index (Phi) is 7.25. The van der Waals surface area contributed by atoms with Crippen LogP contribution in [0.5, 0.6) is 5.75 Å². The molecule has 3 N–H and O–H groups in total. The van der Waals surface area contributed by atoms with E-state index in [4.69, 9.17) is 17.0 Å². The highest BCUT2D eigenvalue weighted by Crippen LogP contribution is 2.29. The van der Waals surface area contributed by atoms with Gasteiger partial charge < -0.3 is 10.1 Å². The molecule has 1 aliphatic carbocycles. The molecule has 1 aromatic rings. The molecule has 0 heterocycles. The van der Waals surface area contributed by atoms with Crippen molar-refractivity contribution in [2.45, 2.75) is 39.2 Å². The third-order valence-corrected chi connectivity index (χ3v) is 5.10. The van der Waals surface area contributed by atoms with E-state index in [2.05, 4.69) is 30.0 Å². The zero-order valence-electron chi connectivity index (χ0n) is 15.0. The SMILES string of the molecule is COc1ccccc1/C=C/C(=O)NNC(=S)N[C@@H]1CCC[C@@H](C)[C@H]1C. The Balaban J connectivity index is 1.79. The summed E-state index contributed by atoms with van der Waals surface area (Å²) < 4.78 is 5.25. The summed E-state index contributed by atoms with van der Waals surface area (Å²) in [5, 5.41) is 3.76. The summed E-state index contributed by atoms with van der Waals surface area (Å²) in [6.45, 7) is 4.53. The number of hydrogen-bond donors (Lipinski definition) is 3. The molecule has 0 bridgehead atoms. The number of carbonyl (C=O) groups excluding carboxylic acids is 1. The number of hydrazine groups is 1. The fraction of sp³-hybridized carbons (Fsp3) is 0.474. The number of hydrogen-bond acceptors (Lipinski definition) is 3. The smallest absolute Gasteiger partial charge is 0.262 e. The van der Waals surface area contributed by atoms with Gasteiger partial charge in [0.15, 0.2) is 5.11 Å². The maximum Gasteiger partial charge on any atom is 0.262 e. The van der Waals surface area contributed by atoms with Crippen molar-refractivity contribution in [2.75, 3.05) is 7.11 Å². The molecule has 25 heavy (non-hydrogen) atoms. The minimum atomic E-state index is -0.278. The molecule has 136 valence electrons. The van der Waals surface area contributed by atoms with E-state index in [-0.39, 0.29) is 5.91 Å². The minimum absolute atomic E-state index is 0.278. The highest BCUT2D eigenvalue weighted by Gasteiger charge is 2.27. The van der Waals surface area contributed by atoms with E-state index in [0.29, 0.717) is 23.0 Å². The van der Waals surface area contributed by atoms with Crippen LogP contribution in [0.25, 0.3) is 6.08 Å². The van der Waals surface area contributed by atoms with Crippen molar-refractivity contribution in [3.63, 3.8) is 0 Å². The van der Waals surface area contributed by atoms with E-state index in [9.17, 15) is 4.79 Å². The summed E-state index contributed by atoms with van der Waals surface area (Å²) in [4.78, 5) is 11.9. The molecule has 0 aromatic heterocycles. The lowest BCUT2D eigenvalue weighted by Crippen LogP contribution is -2.52. The first-order valence-electron chi connectivity index (χ1n) is 8.69. The number of benzene rings is 1. The number of rotatable bonds is 4. The Morgan fingerprint density at radius 1 is 1.24 bits per heavy atom. The van der Waals surface area contributed by atoms with Crippen LogP contribution >= 0.6 is 12.2 Å². The van der Waals surface area contributed by atoms with Gasteiger partial charge in [-0.3, -0.25) is 15.6 Å². The van der Waals surface area contributed by atoms with E-state index in [1.807, 2.05) is 24.3 Å². The van der Waals surface area contributed by atoms with Gasteiger partial charge in [0.2, 0.25) is 0 Å². The Morgan fingerprint density at radius 2 is 2.00 bits per heavy atom. The second-order valence-corrected chi connectivity index (χ2v) is 6.95. The van der Waals surface area contributed by atoms with Crippen molar-refractivity contribution in [2.24, 2.45) is 11.8 Å². The maximum absolute atomic E-state index is 11.9. The molecule has 6 heteroatoms. The number of para-hydroxylation sites is 1. The van der Waals surface area contributed by atoms with Crippen LogP contribution in [0.4, 0.5) is 0 Å². The molecule has 1 fully saturated rings. The van der Waals surface area contributed by atoms with E-state index >= 15 is 0 Å². The molecular formula is C19H27N3O2S. The monoisotopic (exact) mass is 361 g/mol. The highest BCUT2D eigenvalue weighted by molar-refractivity contribution is 7.80. The molecule has 1 aromatic carbocycles. The van der Waals surface area contributed by atoms with Crippen molar-refractivity contribution < 1.29 is 9.53 Å². The van der Waals surface area contributed by atoms with Crippen molar-refractivity contribution in [1.82, 2.24) is 16.2 Å². The topological polar surface area (TPSA) is 62.4 Å². The van der Waals surface area contributed by atoms with Gasteiger partial charge in [-0.05, 0) is 42.6 Å². The van der Waals surface area contributed by atoms with E-state index < -0.39 is 0 Å². The summed E-state index contributed by atoms with van der Waals surface area (Å²) in [6.07, 6.45) is 6.73. The number of ether oxygens (including phenoxy) is 1. The predicted molar refractivity (Wildman–Crippen MR) is 105 cm³/mol. The fourth-order valence-corrected chi connectivity index (χ4v) is 3.32. The van der Waals surface area contributed by atoms with Gasteiger partial charge in [0.05, 0.1) is 7.11 Å². The van der Waals surface area contributed by atoms with Gasteiger partial charge in [-0.25, -0.2) is 0 Å². The van der Waals surface area contributed by atoms with Crippen molar-refractivity contribution >= 4 is 29.3 Å². The van der Waals surface area contributed by atoms with Gasteiger partial charge >= 0.3 is 0 Å². The number of thiocarbonyl (C=S) groups is 1. The van der Waals surface area contributed by atoms with Crippen molar-refractivity contribution in [1.29, 1.82) is 0 Å². The molecule has 2 rings (SSSR count). The summed E-state index contributed by atoms with van der Waals surface area (Å²) in [6, 6.07) is 7.86. The molecule has 5 nitrogen and oxygen atoms in total. The van der Waals surface area contributed by atoms with E-state index in [1.165, 1.54) is 18.9 Å². The largest absolute Gasteiger partial charge is 0.496 e. The first kappa shape index (κ1) is 19.2. The first-order valence-corrected chi connectivity index (χ1v) is 9.09. The van der Waals surface area contributed by atoms with Crippen molar-refractivity contribution in [3.8, 4) is 5.75 Å². The quantitative estimate of drug-likeness (QED) is 0.437. The van der Waals surface area contributed by atoms with Gasteiger partial charge in [0, 0.05) is 17.7 Å². The molecule has 0 unspecified atom stereocenters. The summed E-state index contributed by atoms with van der Waals surface area (Å²) in [7, 11) is 1.60. The number of nitrogens with one attached hydrogen (secondary N) is 3. The summed E-state index contributed by atoms with van der Waals surface area (Å²) >= 11 is 5.28. The molecule has 1 amide bonds. The van der Waals surface area contributed by atoms with Crippen LogP contribution in [-0.4, -0.2) is 24.2 Å². The third-order valence-electron chi connectivity index (χ3n) is 4.88. The zero-order chi connectivity index (χ0) is 18.2. The normalized spacial score (nSPS) is 23.1. The van der Waals surface area contributed by atoms with Crippen LogP contribution in [0.2, 0.25) is 0 Å². The molecule has 0 radical (unpaired) electrons. The number of methoxy groups -OCH3 is 1. The molecule has 0 saturated heterocycles. The minimum Gasteiger partial charge on any atom is -0.496 e. The lowest BCUT2D eigenvalue weighted by molar-refractivity contribution is -0.116. The second-order valence-electron chi connectivity index (χ2n) is 6.54. The van der Waals surface area contributed by atoms with Crippen LogP contribution in [0.3, 0.4) is 0 Å². The third kappa shape index (κ3) is 5.74. The number of carbonyl (C=O) groups is 1. The molecule has 1 saturated carbocycles. The molecule has 1 aliphatic rings. The van der Waals surface area contributed by atoms with Crippen LogP contribution in [0, 0.1) is 11.8 Å². The predicted octanol–water partition coefficient (Wildman–Crippen LogP) is 3.03. The molecule has 0 aliphatic heterocycles. The maximum atomic E-state index is 11.9. The van der Waals surface area contributed by atoms with Crippen molar-refractivity contribution in [3.05, 3.63) is 35.9 Å². The van der Waals surface area contributed by atoms with Crippen LogP contribution in [0.1, 0.15) is 38.7 Å². The second kappa shape index (κ2) is 9.42. The van der Waals surface area contributed by atoms with E-state index in [1.54, 1.807) is 13.2 Å². The molecular weight excluding hydrogens is 334 g/mol. The van der Waals surface area contributed by atoms with Gasteiger partial charge in [-0.1, -0.05) is 44.9 Å². The molecule has 0 spiro atoms. The van der Waals surface area contributed by atoms with Crippen LogP contribution in [0.15, 0.2) is 30.3 Å². The summed E-state index contributed by atoms with van der Waals surface area (Å²) in [5.74, 6) is 1.69. The molecule has 3 atom stereocenters.